The molecule has 0 saturated carbocycles. The van der Waals surface area contributed by atoms with Crippen molar-refractivity contribution >= 4 is 24.2 Å². The van der Waals surface area contributed by atoms with Crippen LogP contribution in [0, 0.1) is 11.8 Å². The smallest absolute Gasteiger partial charge is 0.417 e. The third-order valence-corrected chi connectivity index (χ3v) is 5.32. The second kappa shape index (κ2) is 14.1. The third kappa shape index (κ3) is 10.1. The number of rotatable bonds is 12. The Morgan fingerprint density at radius 1 is 1.06 bits per heavy atom. The van der Waals surface area contributed by atoms with E-state index in [0.717, 1.165) is 10.5 Å². The molecule has 1 aromatic rings. The van der Waals surface area contributed by atoms with Crippen LogP contribution in [0.2, 0.25) is 0 Å². The standard InChI is InChI=1S/C27H42N3O6/c1-17(2)14-21(15-31)29-24(32)23(18(3)4)30(26(34)36-27(6,7)8)25(33)22(28)19(5)35-16-20-12-10-9-11-13-20/h9-13,17-19,21-23H,14,16,28H2,1-8H3,(H,29,32)/t19?,21-,22-,23-/m0/s1. The van der Waals surface area contributed by atoms with Crippen molar-refractivity contribution in [2.75, 3.05) is 0 Å². The number of benzene rings is 1. The normalized spacial score (nSPS) is 15.1. The lowest BCUT2D eigenvalue weighted by atomic mass is 9.98. The minimum Gasteiger partial charge on any atom is -0.443 e. The molecule has 4 atom stereocenters. The topological polar surface area (TPSA) is 128 Å². The number of nitrogens with zero attached hydrogens (tertiary/aromatic N) is 1. The molecular formula is C27H42N3O6. The Bertz CT molecular complexity index is 866. The molecule has 1 unspecified atom stereocenters. The Kier molecular flexibility index (Phi) is 12.2. The van der Waals surface area contributed by atoms with Gasteiger partial charge in [0.1, 0.15) is 17.7 Å². The van der Waals surface area contributed by atoms with Crippen LogP contribution in [0.5, 0.6) is 0 Å². The highest BCUT2D eigenvalue weighted by Gasteiger charge is 2.43. The lowest BCUT2D eigenvalue weighted by molar-refractivity contribution is -0.144. The Hall–Kier alpha value is -2.78. The minimum atomic E-state index is -1.26. The maximum absolute atomic E-state index is 13.6. The average molecular weight is 505 g/mol. The second-order valence-corrected chi connectivity index (χ2v) is 10.7. The SMILES string of the molecule is CC(C)C[C@@H]([C]=O)NC(=O)[C@H](C(C)C)N(C(=O)OC(C)(C)C)C(=O)[C@@H](N)C(C)OCc1ccccc1. The lowest BCUT2D eigenvalue weighted by Crippen LogP contribution is -2.61. The number of hydrogen-bond donors (Lipinski definition) is 2. The van der Waals surface area contributed by atoms with Gasteiger partial charge in [0.05, 0.1) is 18.8 Å². The van der Waals surface area contributed by atoms with Crippen molar-refractivity contribution in [3.05, 3.63) is 35.9 Å². The largest absolute Gasteiger partial charge is 0.443 e. The van der Waals surface area contributed by atoms with Crippen LogP contribution in [0.25, 0.3) is 0 Å². The predicted octanol–water partition coefficient (Wildman–Crippen LogP) is 3.35. The first-order chi connectivity index (χ1) is 16.7. The van der Waals surface area contributed by atoms with Gasteiger partial charge < -0.3 is 20.5 Å². The molecule has 1 aromatic carbocycles. The zero-order valence-electron chi connectivity index (χ0n) is 22.7. The Morgan fingerprint density at radius 2 is 1.64 bits per heavy atom. The maximum Gasteiger partial charge on any atom is 0.417 e. The van der Waals surface area contributed by atoms with Gasteiger partial charge in [-0.25, -0.2) is 9.69 Å². The number of amides is 3. The number of hydrogen-bond acceptors (Lipinski definition) is 7. The third-order valence-electron chi connectivity index (χ3n) is 5.32. The van der Waals surface area contributed by atoms with Crippen molar-refractivity contribution in [3.8, 4) is 0 Å². The summed E-state index contributed by atoms with van der Waals surface area (Å²) in [5.41, 5.74) is 6.21. The van der Waals surface area contributed by atoms with Crippen LogP contribution in [-0.4, -0.2) is 58.9 Å². The first-order valence-corrected chi connectivity index (χ1v) is 12.3. The molecule has 36 heavy (non-hydrogen) atoms. The van der Waals surface area contributed by atoms with Gasteiger partial charge in [-0.05, 0) is 51.5 Å². The maximum atomic E-state index is 13.6. The summed E-state index contributed by atoms with van der Waals surface area (Å²) in [6.45, 7) is 14.0. The van der Waals surface area contributed by atoms with E-state index in [4.69, 9.17) is 15.2 Å². The molecule has 1 rings (SSSR count). The first kappa shape index (κ1) is 31.3. The van der Waals surface area contributed by atoms with Gasteiger partial charge in [-0.2, -0.15) is 0 Å². The molecule has 1 radical (unpaired) electrons. The van der Waals surface area contributed by atoms with Gasteiger partial charge in [0, 0.05) is 0 Å². The van der Waals surface area contributed by atoms with E-state index in [1.54, 1.807) is 41.5 Å². The number of carbonyl (C=O) groups excluding carboxylic acids is 4. The molecule has 0 spiro atoms. The minimum absolute atomic E-state index is 0.119. The summed E-state index contributed by atoms with van der Waals surface area (Å²) in [5.74, 6) is -1.85. The molecule has 9 nitrogen and oxygen atoms in total. The van der Waals surface area contributed by atoms with E-state index in [1.165, 1.54) is 0 Å². The molecule has 0 aliphatic heterocycles. The highest BCUT2D eigenvalue weighted by molar-refractivity contribution is 6.00. The predicted molar refractivity (Wildman–Crippen MR) is 137 cm³/mol. The summed E-state index contributed by atoms with van der Waals surface area (Å²) >= 11 is 0. The van der Waals surface area contributed by atoms with Gasteiger partial charge in [0.15, 0.2) is 0 Å². The quantitative estimate of drug-likeness (QED) is 0.447. The Labute approximate surface area is 215 Å². The summed E-state index contributed by atoms with van der Waals surface area (Å²) in [6.07, 6.45) is 0.420. The van der Waals surface area contributed by atoms with Crippen LogP contribution >= 0.6 is 0 Å². The van der Waals surface area contributed by atoms with E-state index in [2.05, 4.69) is 5.32 Å². The molecule has 0 fully saturated rings. The molecule has 3 N–H and O–H groups in total. The monoisotopic (exact) mass is 504 g/mol. The van der Waals surface area contributed by atoms with Crippen LogP contribution in [0.4, 0.5) is 4.79 Å². The molecule has 3 amide bonds. The second-order valence-electron chi connectivity index (χ2n) is 10.7. The van der Waals surface area contributed by atoms with Crippen LogP contribution in [0.3, 0.4) is 0 Å². The number of carbonyl (C=O) groups is 3. The van der Waals surface area contributed by atoms with Gasteiger partial charge in [-0.1, -0.05) is 58.0 Å². The molecule has 0 aromatic heterocycles. The first-order valence-electron chi connectivity index (χ1n) is 12.3. The Balaban J connectivity index is 3.23. The van der Waals surface area contributed by atoms with Crippen LogP contribution in [-0.2, 0) is 30.5 Å². The highest BCUT2D eigenvalue weighted by Crippen LogP contribution is 2.20. The molecular weight excluding hydrogens is 462 g/mol. The summed E-state index contributed by atoms with van der Waals surface area (Å²) in [4.78, 5) is 52.3. The van der Waals surface area contributed by atoms with Crippen molar-refractivity contribution in [1.29, 1.82) is 0 Å². The van der Waals surface area contributed by atoms with Crippen molar-refractivity contribution < 1.29 is 28.7 Å². The zero-order chi connectivity index (χ0) is 27.6. The van der Waals surface area contributed by atoms with E-state index in [0.29, 0.717) is 6.42 Å². The fraction of sp³-hybridized carbons (Fsp3) is 0.630. The zero-order valence-corrected chi connectivity index (χ0v) is 22.7. The fourth-order valence-electron chi connectivity index (χ4n) is 3.50. The van der Waals surface area contributed by atoms with E-state index < -0.39 is 53.7 Å². The van der Waals surface area contributed by atoms with Crippen molar-refractivity contribution in [2.45, 2.75) is 98.2 Å². The van der Waals surface area contributed by atoms with Gasteiger partial charge in [-0.3, -0.25) is 14.4 Å². The van der Waals surface area contributed by atoms with E-state index in [9.17, 15) is 19.2 Å². The summed E-state index contributed by atoms with van der Waals surface area (Å²) < 4.78 is 11.3. The average Bonchev–Trinajstić information content (AvgIpc) is 2.78. The molecule has 9 heteroatoms. The van der Waals surface area contributed by atoms with Crippen LogP contribution in [0.1, 0.15) is 67.4 Å². The lowest BCUT2D eigenvalue weighted by Gasteiger charge is -2.36. The van der Waals surface area contributed by atoms with Crippen molar-refractivity contribution in [1.82, 2.24) is 10.2 Å². The summed E-state index contributed by atoms with van der Waals surface area (Å²) in [5, 5.41) is 2.61. The Morgan fingerprint density at radius 3 is 2.11 bits per heavy atom. The summed E-state index contributed by atoms with van der Waals surface area (Å²) in [7, 11) is 0. The van der Waals surface area contributed by atoms with E-state index in [-0.39, 0.29) is 12.5 Å². The molecule has 0 heterocycles. The number of nitrogens with one attached hydrogen (secondary N) is 1. The molecule has 0 saturated heterocycles. The van der Waals surface area contributed by atoms with Gasteiger partial charge in [0.2, 0.25) is 12.2 Å². The fourth-order valence-corrected chi connectivity index (χ4v) is 3.50. The highest BCUT2D eigenvalue weighted by atomic mass is 16.6. The number of ether oxygens (including phenoxy) is 2. The molecule has 201 valence electrons. The number of nitrogens with two attached hydrogens (primary N) is 1. The summed E-state index contributed by atoms with van der Waals surface area (Å²) in [6, 6.07) is 5.99. The van der Waals surface area contributed by atoms with Gasteiger partial charge in [0.25, 0.3) is 5.91 Å². The number of imide groups is 1. The van der Waals surface area contributed by atoms with Crippen LogP contribution < -0.4 is 11.1 Å². The van der Waals surface area contributed by atoms with Crippen LogP contribution in [0.15, 0.2) is 30.3 Å². The van der Waals surface area contributed by atoms with Gasteiger partial charge in [-0.15, -0.1) is 0 Å². The van der Waals surface area contributed by atoms with Gasteiger partial charge >= 0.3 is 6.09 Å². The molecule has 0 aliphatic rings. The molecule has 0 bridgehead atoms. The van der Waals surface area contributed by atoms with Crippen molar-refractivity contribution in [2.24, 2.45) is 17.6 Å². The molecule has 0 aliphatic carbocycles. The van der Waals surface area contributed by atoms with Crippen molar-refractivity contribution in [3.63, 3.8) is 0 Å². The van der Waals surface area contributed by atoms with E-state index >= 15 is 0 Å². The van der Waals surface area contributed by atoms with E-state index in [1.807, 2.05) is 50.5 Å².